The molecule has 160 valence electrons. The molecule has 1 N–H and O–H groups in total. The van der Waals surface area contributed by atoms with Crippen LogP contribution in [0.2, 0.25) is 0 Å². The van der Waals surface area contributed by atoms with Crippen molar-refractivity contribution in [2.45, 2.75) is 13.5 Å². The van der Waals surface area contributed by atoms with E-state index in [1.165, 1.54) is 11.8 Å². The van der Waals surface area contributed by atoms with Crippen LogP contribution in [0.5, 0.6) is 17.2 Å². The van der Waals surface area contributed by atoms with Crippen molar-refractivity contribution in [3.63, 3.8) is 0 Å². The van der Waals surface area contributed by atoms with Crippen molar-refractivity contribution in [3.05, 3.63) is 87.9 Å². The maximum absolute atomic E-state index is 11.9. The quantitative estimate of drug-likeness (QED) is 0.348. The van der Waals surface area contributed by atoms with Gasteiger partial charge in [0.05, 0.1) is 17.8 Å². The van der Waals surface area contributed by atoms with Crippen LogP contribution >= 0.6 is 15.9 Å². The Morgan fingerprint density at radius 2 is 1.77 bits per heavy atom. The lowest BCUT2D eigenvalue weighted by atomic mass is 10.1. The molecule has 0 aliphatic heterocycles. The van der Waals surface area contributed by atoms with Gasteiger partial charge in [0.1, 0.15) is 12.4 Å². The van der Waals surface area contributed by atoms with Crippen molar-refractivity contribution in [2.24, 2.45) is 5.10 Å². The minimum absolute atomic E-state index is 0.144. The maximum Gasteiger partial charge on any atom is 0.277 e. The van der Waals surface area contributed by atoms with Crippen LogP contribution in [0.4, 0.5) is 0 Å². The second-order valence-electron chi connectivity index (χ2n) is 6.64. The Bertz CT molecular complexity index is 1070. The number of hydrogen-bond donors (Lipinski definition) is 1. The molecule has 0 radical (unpaired) electrons. The molecule has 1 amide bonds. The molecule has 0 unspecified atom stereocenters. The summed E-state index contributed by atoms with van der Waals surface area (Å²) in [7, 11) is 1.58. The van der Waals surface area contributed by atoms with Crippen LogP contribution in [0, 0.1) is 6.92 Å². The first kappa shape index (κ1) is 22.4. The number of aryl methyl sites for hydroxylation is 1. The van der Waals surface area contributed by atoms with E-state index >= 15 is 0 Å². The van der Waals surface area contributed by atoms with Crippen LogP contribution in [0.15, 0.2) is 76.3 Å². The summed E-state index contributed by atoms with van der Waals surface area (Å²) >= 11 is 3.37. The molecule has 0 aliphatic rings. The van der Waals surface area contributed by atoms with E-state index < -0.39 is 0 Å². The molecule has 0 heterocycles. The lowest BCUT2D eigenvalue weighted by molar-refractivity contribution is -0.123. The molecule has 0 saturated heterocycles. The average molecular weight is 483 g/mol. The van der Waals surface area contributed by atoms with E-state index in [0.29, 0.717) is 23.9 Å². The lowest BCUT2D eigenvalue weighted by Gasteiger charge is -2.12. The number of rotatable bonds is 9. The van der Waals surface area contributed by atoms with Gasteiger partial charge in [0.2, 0.25) is 0 Å². The van der Waals surface area contributed by atoms with E-state index in [2.05, 4.69) is 26.5 Å². The number of benzene rings is 3. The third-order valence-electron chi connectivity index (χ3n) is 4.43. The normalized spacial score (nSPS) is 10.7. The summed E-state index contributed by atoms with van der Waals surface area (Å²) in [5.74, 6) is 1.44. The van der Waals surface area contributed by atoms with Crippen LogP contribution in [0.25, 0.3) is 0 Å². The summed E-state index contributed by atoms with van der Waals surface area (Å²) in [6.07, 6.45) is 1.53. The number of carbonyl (C=O) groups excluding carboxylic acids is 1. The standard InChI is InChI=1S/C24H23BrN2O4/c1-17-7-3-4-8-19(17)15-30-22-12-11-18(13-23(22)29-2)14-26-27-24(28)16-31-21-10-6-5-9-20(21)25/h3-14H,15-16H2,1-2H3,(H,27,28)/b26-14+. The minimum Gasteiger partial charge on any atom is -0.493 e. The average Bonchev–Trinajstić information content (AvgIpc) is 2.78. The number of halogens is 1. The largest absolute Gasteiger partial charge is 0.493 e. The zero-order valence-corrected chi connectivity index (χ0v) is 18.9. The van der Waals surface area contributed by atoms with Crippen LogP contribution in [-0.4, -0.2) is 25.8 Å². The molecule has 0 spiro atoms. The van der Waals surface area contributed by atoms with E-state index in [0.717, 1.165) is 15.6 Å². The predicted octanol–water partition coefficient (Wildman–Crippen LogP) is 4.87. The first-order chi connectivity index (χ1) is 15.1. The van der Waals surface area contributed by atoms with Crippen molar-refractivity contribution in [3.8, 4) is 17.2 Å². The molecule has 0 fully saturated rings. The van der Waals surface area contributed by atoms with Crippen molar-refractivity contribution >= 4 is 28.1 Å². The second kappa shape index (κ2) is 11.2. The third-order valence-corrected chi connectivity index (χ3v) is 5.09. The van der Waals surface area contributed by atoms with Gasteiger partial charge < -0.3 is 14.2 Å². The molecular weight excluding hydrogens is 460 g/mol. The fourth-order valence-corrected chi connectivity index (χ4v) is 3.13. The van der Waals surface area contributed by atoms with Gasteiger partial charge in [-0.25, -0.2) is 5.43 Å². The highest BCUT2D eigenvalue weighted by Gasteiger charge is 2.07. The second-order valence-corrected chi connectivity index (χ2v) is 7.49. The molecule has 3 aromatic rings. The van der Waals surface area contributed by atoms with Gasteiger partial charge >= 0.3 is 0 Å². The van der Waals surface area contributed by atoms with E-state index in [4.69, 9.17) is 14.2 Å². The van der Waals surface area contributed by atoms with Gasteiger partial charge in [0.25, 0.3) is 5.91 Å². The van der Waals surface area contributed by atoms with E-state index in [-0.39, 0.29) is 12.5 Å². The summed E-state index contributed by atoms with van der Waals surface area (Å²) < 4.78 is 17.6. The summed E-state index contributed by atoms with van der Waals surface area (Å²) in [6, 6.07) is 20.8. The van der Waals surface area contributed by atoms with Crippen LogP contribution in [-0.2, 0) is 11.4 Å². The van der Waals surface area contributed by atoms with Crippen molar-refractivity contribution in [1.29, 1.82) is 0 Å². The number of amides is 1. The van der Waals surface area contributed by atoms with E-state index in [1.807, 2.05) is 61.5 Å². The zero-order chi connectivity index (χ0) is 22.1. The van der Waals surface area contributed by atoms with Gasteiger partial charge in [-0.2, -0.15) is 5.10 Å². The van der Waals surface area contributed by atoms with Crippen molar-refractivity contribution < 1.29 is 19.0 Å². The Morgan fingerprint density at radius 1 is 1.00 bits per heavy atom. The van der Waals surface area contributed by atoms with Crippen LogP contribution in [0.3, 0.4) is 0 Å². The number of nitrogens with one attached hydrogen (secondary N) is 1. The molecule has 0 bridgehead atoms. The fraction of sp³-hybridized carbons (Fsp3) is 0.167. The van der Waals surface area contributed by atoms with Crippen molar-refractivity contribution in [2.75, 3.05) is 13.7 Å². The van der Waals surface area contributed by atoms with E-state index in [1.54, 1.807) is 19.2 Å². The Hall–Kier alpha value is -3.32. The zero-order valence-electron chi connectivity index (χ0n) is 17.3. The Balaban J connectivity index is 1.54. The number of para-hydroxylation sites is 1. The summed E-state index contributed by atoms with van der Waals surface area (Å²) in [4.78, 5) is 11.9. The SMILES string of the molecule is COc1cc(/C=N/NC(=O)COc2ccccc2Br)ccc1OCc1ccccc1C. The van der Waals surface area contributed by atoms with Gasteiger partial charge in [-0.3, -0.25) is 4.79 Å². The Kier molecular flexibility index (Phi) is 8.06. The molecule has 6 nitrogen and oxygen atoms in total. The molecule has 0 atom stereocenters. The summed E-state index contributed by atoms with van der Waals surface area (Å²) in [5, 5.41) is 3.97. The number of hydrogen-bond acceptors (Lipinski definition) is 5. The van der Waals surface area contributed by atoms with Gasteiger partial charge in [-0.05, 0) is 69.9 Å². The van der Waals surface area contributed by atoms with Crippen LogP contribution < -0.4 is 19.6 Å². The number of nitrogens with zero attached hydrogens (tertiary/aromatic N) is 1. The lowest BCUT2D eigenvalue weighted by Crippen LogP contribution is -2.24. The predicted molar refractivity (Wildman–Crippen MR) is 124 cm³/mol. The highest BCUT2D eigenvalue weighted by atomic mass is 79.9. The smallest absolute Gasteiger partial charge is 0.277 e. The van der Waals surface area contributed by atoms with Gasteiger partial charge in [-0.15, -0.1) is 0 Å². The molecule has 7 heteroatoms. The first-order valence-corrected chi connectivity index (χ1v) is 10.4. The highest BCUT2D eigenvalue weighted by Crippen LogP contribution is 2.28. The monoisotopic (exact) mass is 482 g/mol. The highest BCUT2D eigenvalue weighted by molar-refractivity contribution is 9.10. The first-order valence-electron chi connectivity index (χ1n) is 9.61. The molecule has 3 rings (SSSR count). The molecule has 0 saturated carbocycles. The Labute approximate surface area is 190 Å². The minimum atomic E-state index is -0.364. The maximum atomic E-state index is 11.9. The van der Waals surface area contributed by atoms with Gasteiger partial charge in [-0.1, -0.05) is 36.4 Å². The summed E-state index contributed by atoms with van der Waals surface area (Å²) in [6.45, 7) is 2.35. The molecule has 0 aliphatic carbocycles. The van der Waals surface area contributed by atoms with Gasteiger partial charge in [0, 0.05) is 0 Å². The topological polar surface area (TPSA) is 69.2 Å². The van der Waals surface area contributed by atoms with Gasteiger partial charge in [0.15, 0.2) is 18.1 Å². The van der Waals surface area contributed by atoms with Crippen molar-refractivity contribution in [1.82, 2.24) is 5.43 Å². The molecule has 31 heavy (non-hydrogen) atoms. The Morgan fingerprint density at radius 3 is 2.55 bits per heavy atom. The fourth-order valence-electron chi connectivity index (χ4n) is 2.73. The third kappa shape index (κ3) is 6.58. The molecular formula is C24H23BrN2O4. The van der Waals surface area contributed by atoms with E-state index in [9.17, 15) is 4.79 Å². The molecule has 3 aromatic carbocycles. The number of hydrazone groups is 1. The van der Waals surface area contributed by atoms with Crippen LogP contribution in [0.1, 0.15) is 16.7 Å². The molecule has 0 aromatic heterocycles. The summed E-state index contributed by atoms with van der Waals surface area (Å²) in [5.41, 5.74) is 5.49. The number of carbonyl (C=O) groups is 1. The number of ether oxygens (including phenoxy) is 3. The number of methoxy groups -OCH3 is 1.